The fourth-order valence-electron chi connectivity index (χ4n) is 4.98. The summed E-state index contributed by atoms with van der Waals surface area (Å²) < 4.78 is 0. The number of aromatic carboxylic acids is 1. The lowest BCUT2D eigenvalue weighted by atomic mass is 9.72. The van der Waals surface area contributed by atoms with Crippen LogP contribution in [0.15, 0.2) is 59.2 Å². The third-order valence-corrected chi connectivity index (χ3v) is 7.16. The molecule has 0 radical (unpaired) electrons. The number of hydrogen-bond acceptors (Lipinski definition) is 3. The van der Waals surface area contributed by atoms with Gasteiger partial charge in [0.15, 0.2) is 0 Å². The SMILES string of the molecule is CC1(C)CCC(C2=CCC(Cl)C=C2)=C(CN2CCN(c3ccc(C(=O)O)cc3)CC2)C1. The molecule has 0 aromatic heterocycles. The summed E-state index contributed by atoms with van der Waals surface area (Å²) in [4.78, 5) is 16.0. The van der Waals surface area contributed by atoms with Crippen LogP contribution in [0.1, 0.15) is 49.9 Å². The maximum atomic E-state index is 11.1. The van der Waals surface area contributed by atoms with Gasteiger partial charge in [0, 0.05) is 38.4 Å². The summed E-state index contributed by atoms with van der Waals surface area (Å²) in [5.74, 6) is -0.875. The number of anilines is 1. The normalized spacial score (nSPS) is 24.3. The largest absolute Gasteiger partial charge is 0.478 e. The Kier molecular flexibility index (Phi) is 6.59. The molecule has 1 fully saturated rings. The fraction of sp³-hybridized carbons (Fsp3) is 0.500. The number of halogens is 1. The molecule has 0 saturated carbocycles. The van der Waals surface area contributed by atoms with Crippen LogP contribution in [0.3, 0.4) is 0 Å². The van der Waals surface area contributed by atoms with Crippen LogP contribution in [-0.2, 0) is 0 Å². The van der Waals surface area contributed by atoms with Gasteiger partial charge in [-0.2, -0.15) is 0 Å². The van der Waals surface area contributed by atoms with E-state index in [4.69, 9.17) is 16.7 Å². The second-order valence-corrected chi connectivity index (χ2v) is 10.4. The summed E-state index contributed by atoms with van der Waals surface area (Å²) in [6.45, 7) is 9.81. The van der Waals surface area contributed by atoms with E-state index in [2.05, 4.69) is 41.9 Å². The summed E-state index contributed by atoms with van der Waals surface area (Å²) >= 11 is 6.26. The van der Waals surface area contributed by atoms with Crippen molar-refractivity contribution in [2.75, 3.05) is 37.6 Å². The van der Waals surface area contributed by atoms with Crippen molar-refractivity contribution in [3.8, 4) is 0 Å². The van der Waals surface area contributed by atoms with Crippen molar-refractivity contribution in [3.63, 3.8) is 0 Å². The Hall–Kier alpha value is -2.04. The molecule has 4 nitrogen and oxygen atoms in total. The zero-order valence-corrected chi connectivity index (χ0v) is 19.4. The molecule has 1 unspecified atom stereocenters. The van der Waals surface area contributed by atoms with Crippen LogP contribution < -0.4 is 4.90 Å². The van der Waals surface area contributed by atoms with E-state index in [1.165, 1.54) is 12.0 Å². The summed E-state index contributed by atoms with van der Waals surface area (Å²) in [5, 5.41) is 9.23. The fourth-order valence-corrected chi connectivity index (χ4v) is 5.14. The highest BCUT2D eigenvalue weighted by Crippen LogP contribution is 2.42. The third-order valence-electron chi connectivity index (χ3n) is 6.83. The van der Waals surface area contributed by atoms with E-state index in [0.717, 1.165) is 57.7 Å². The molecule has 0 amide bonds. The van der Waals surface area contributed by atoms with Crippen LogP contribution in [0.2, 0.25) is 0 Å². The number of alkyl halides is 1. The van der Waals surface area contributed by atoms with Crippen LogP contribution in [0, 0.1) is 5.41 Å². The molecule has 1 saturated heterocycles. The first-order chi connectivity index (χ1) is 14.8. The van der Waals surface area contributed by atoms with Crippen molar-refractivity contribution < 1.29 is 9.90 Å². The maximum Gasteiger partial charge on any atom is 0.335 e. The van der Waals surface area contributed by atoms with Crippen molar-refractivity contribution >= 4 is 23.3 Å². The van der Waals surface area contributed by atoms with E-state index in [9.17, 15) is 4.79 Å². The lowest BCUT2D eigenvalue weighted by Gasteiger charge is -2.40. The van der Waals surface area contributed by atoms with E-state index < -0.39 is 5.97 Å². The van der Waals surface area contributed by atoms with Gasteiger partial charge in [0.2, 0.25) is 0 Å². The lowest BCUT2D eigenvalue weighted by Crippen LogP contribution is -2.47. The average molecular weight is 441 g/mol. The van der Waals surface area contributed by atoms with Gasteiger partial charge in [-0.15, -0.1) is 11.6 Å². The van der Waals surface area contributed by atoms with Gasteiger partial charge in [-0.1, -0.05) is 37.6 Å². The van der Waals surface area contributed by atoms with E-state index in [1.54, 1.807) is 23.3 Å². The highest BCUT2D eigenvalue weighted by molar-refractivity contribution is 6.22. The van der Waals surface area contributed by atoms with E-state index in [-0.39, 0.29) is 5.38 Å². The predicted octanol–water partition coefficient (Wildman–Crippen LogP) is 5.51. The Morgan fingerprint density at radius 1 is 1.16 bits per heavy atom. The first-order valence-electron chi connectivity index (χ1n) is 11.4. The molecule has 1 aromatic carbocycles. The lowest BCUT2D eigenvalue weighted by molar-refractivity contribution is 0.0697. The molecule has 31 heavy (non-hydrogen) atoms. The molecule has 0 spiro atoms. The number of rotatable bonds is 5. The molecular weight excluding hydrogens is 408 g/mol. The molecule has 2 aliphatic carbocycles. The Bertz CT molecular complexity index is 906. The van der Waals surface area contributed by atoms with E-state index >= 15 is 0 Å². The highest BCUT2D eigenvalue weighted by Gasteiger charge is 2.30. The molecule has 1 N–H and O–H groups in total. The molecule has 1 heterocycles. The standard InChI is InChI=1S/C26H33ClN2O2/c1-26(2)12-11-24(19-3-7-22(27)8-4-19)21(17-26)18-28-13-15-29(16-14-28)23-9-5-20(6-10-23)25(30)31/h3-7,9-10,22H,8,11-18H2,1-2H3,(H,30,31). The number of carboxylic acid groups (broad SMARTS) is 1. The quantitative estimate of drug-likeness (QED) is 0.613. The Balaban J connectivity index is 1.43. The van der Waals surface area contributed by atoms with Crippen LogP contribution in [0.25, 0.3) is 0 Å². The van der Waals surface area contributed by atoms with Crippen molar-refractivity contribution in [2.45, 2.75) is 44.9 Å². The zero-order chi connectivity index (χ0) is 22.0. The molecule has 1 aromatic rings. The highest BCUT2D eigenvalue weighted by atomic mass is 35.5. The van der Waals surface area contributed by atoms with Crippen molar-refractivity contribution in [3.05, 3.63) is 64.8 Å². The minimum atomic E-state index is -0.875. The van der Waals surface area contributed by atoms with Gasteiger partial charge in [-0.3, -0.25) is 4.90 Å². The van der Waals surface area contributed by atoms with Crippen LogP contribution in [0.5, 0.6) is 0 Å². The molecule has 1 atom stereocenters. The Morgan fingerprint density at radius 2 is 1.87 bits per heavy atom. The second kappa shape index (κ2) is 9.22. The van der Waals surface area contributed by atoms with Crippen molar-refractivity contribution in [1.82, 2.24) is 4.90 Å². The van der Waals surface area contributed by atoms with Gasteiger partial charge in [-0.05, 0) is 66.5 Å². The summed E-state index contributed by atoms with van der Waals surface area (Å²) in [6, 6.07) is 7.24. The van der Waals surface area contributed by atoms with Crippen LogP contribution >= 0.6 is 11.6 Å². The third kappa shape index (κ3) is 5.42. The number of carbonyl (C=O) groups is 1. The monoisotopic (exact) mass is 440 g/mol. The molecule has 1 aliphatic heterocycles. The minimum absolute atomic E-state index is 0.130. The first kappa shape index (κ1) is 22.2. The number of benzene rings is 1. The summed E-state index contributed by atoms with van der Waals surface area (Å²) in [7, 11) is 0. The second-order valence-electron chi connectivity index (χ2n) is 9.81. The first-order valence-corrected chi connectivity index (χ1v) is 11.8. The molecule has 0 bridgehead atoms. The van der Waals surface area contributed by atoms with Gasteiger partial charge in [-0.25, -0.2) is 4.79 Å². The molecule has 3 aliphatic rings. The number of hydrogen-bond donors (Lipinski definition) is 1. The van der Waals surface area contributed by atoms with Gasteiger partial charge in [0.25, 0.3) is 0 Å². The number of allylic oxidation sites excluding steroid dienone is 5. The topological polar surface area (TPSA) is 43.8 Å². The minimum Gasteiger partial charge on any atom is -0.478 e. The molecule has 166 valence electrons. The van der Waals surface area contributed by atoms with Gasteiger partial charge < -0.3 is 10.0 Å². The van der Waals surface area contributed by atoms with E-state index in [1.807, 2.05) is 12.1 Å². The zero-order valence-electron chi connectivity index (χ0n) is 18.6. The molecule has 5 heteroatoms. The summed E-state index contributed by atoms with van der Waals surface area (Å²) in [5.41, 5.74) is 6.34. The summed E-state index contributed by atoms with van der Waals surface area (Å²) in [6.07, 6.45) is 11.2. The Morgan fingerprint density at radius 3 is 2.48 bits per heavy atom. The number of carboxylic acids is 1. The molecular formula is C26H33ClN2O2. The smallest absolute Gasteiger partial charge is 0.335 e. The molecule has 4 rings (SSSR count). The van der Waals surface area contributed by atoms with Gasteiger partial charge in [0.1, 0.15) is 0 Å². The average Bonchev–Trinajstić information content (AvgIpc) is 2.75. The van der Waals surface area contributed by atoms with Gasteiger partial charge in [0.05, 0.1) is 10.9 Å². The maximum absolute atomic E-state index is 11.1. The predicted molar refractivity (Wildman–Crippen MR) is 128 cm³/mol. The van der Waals surface area contributed by atoms with E-state index in [0.29, 0.717) is 11.0 Å². The van der Waals surface area contributed by atoms with Crippen LogP contribution in [-0.4, -0.2) is 54.1 Å². The van der Waals surface area contributed by atoms with Crippen molar-refractivity contribution in [1.29, 1.82) is 0 Å². The van der Waals surface area contributed by atoms with Crippen LogP contribution in [0.4, 0.5) is 5.69 Å². The number of nitrogens with zero attached hydrogens (tertiary/aromatic N) is 2. The van der Waals surface area contributed by atoms with Gasteiger partial charge >= 0.3 is 5.97 Å². The Labute approximate surface area is 190 Å². The number of piperazine rings is 1. The van der Waals surface area contributed by atoms with Crippen molar-refractivity contribution in [2.24, 2.45) is 5.41 Å².